The Morgan fingerprint density at radius 1 is 1.18 bits per heavy atom. The molecule has 0 saturated carbocycles. The van der Waals surface area contributed by atoms with Crippen molar-refractivity contribution in [2.24, 2.45) is 11.1 Å². The van der Waals surface area contributed by atoms with Crippen molar-refractivity contribution in [1.29, 1.82) is 5.41 Å². The molecule has 8 nitrogen and oxygen atoms in total. The maximum atomic E-state index is 12.3. The molecule has 3 heterocycles. The predicted octanol–water partition coefficient (Wildman–Crippen LogP) is 2.39. The summed E-state index contributed by atoms with van der Waals surface area (Å²) in [5.74, 6) is 0.0294. The van der Waals surface area contributed by atoms with Crippen molar-refractivity contribution < 1.29 is 14.6 Å². The first-order valence-electron chi connectivity index (χ1n) is 11.9. The molecule has 1 aromatic rings. The summed E-state index contributed by atoms with van der Waals surface area (Å²) in [5.41, 5.74) is 7.16. The van der Waals surface area contributed by atoms with E-state index in [4.69, 9.17) is 15.9 Å². The van der Waals surface area contributed by atoms with Crippen LogP contribution in [0.15, 0.2) is 18.2 Å². The van der Waals surface area contributed by atoms with E-state index in [1.165, 1.54) is 18.4 Å². The molecule has 4 rings (SSSR count). The first kappa shape index (κ1) is 25.6. The van der Waals surface area contributed by atoms with Gasteiger partial charge in [-0.2, -0.15) is 0 Å². The topological polar surface area (TPSA) is 106 Å². The highest BCUT2D eigenvalue weighted by Gasteiger charge is 2.44. The van der Waals surface area contributed by atoms with E-state index in [9.17, 15) is 9.90 Å². The van der Waals surface area contributed by atoms with Gasteiger partial charge in [0, 0.05) is 19.1 Å². The number of halogens is 1. The van der Waals surface area contributed by atoms with Crippen LogP contribution in [0.5, 0.6) is 5.75 Å². The molecule has 0 unspecified atom stereocenters. The smallest absolute Gasteiger partial charge is 0.313 e. The van der Waals surface area contributed by atoms with E-state index in [-0.39, 0.29) is 25.0 Å². The zero-order valence-electron chi connectivity index (χ0n) is 19.6. The molecule has 0 radical (unpaired) electrons. The van der Waals surface area contributed by atoms with Gasteiger partial charge >= 0.3 is 5.97 Å². The zero-order chi connectivity index (χ0) is 22.7. The van der Waals surface area contributed by atoms with Crippen molar-refractivity contribution >= 4 is 24.3 Å². The fraction of sp³-hybridized carbons (Fsp3) is 0.667. The summed E-state index contributed by atoms with van der Waals surface area (Å²) >= 11 is 0. The van der Waals surface area contributed by atoms with Crippen LogP contribution < -0.4 is 10.5 Å². The fourth-order valence-corrected chi connectivity index (χ4v) is 5.39. The van der Waals surface area contributed by atoms with Gasteiger partial charge < -0.3 is 30.3 Å². The normalized spacial score (nSPS) is 21.7. The third kappa shape index (κ3) is 5.73. The standard InChI is InChI=1S/C24H37N5O3.ClH/c1-2-27-10-6-20(7-11-27)28-13-8-24(9-14-28,22(30)31)17-32-21-4-3-18-5-12-29(23(25)26)16-19(18)15-21;/h3-4,15,20H,2,5-14,16-17H2,1H3,(H3,25,26)(H,30,31);1H. The number of nitrogens with one attached hydrogen (secondary N) is 1. The third-order valence-electron chi connectivity index (χ3n) is 7.78. The van der Waals surface area contributed by atoms with Crippen LogP contribution in [0.1, 0.15) is 43.7 Å². The van der Waals surface area contributed by atoms with Crippen molar-refractivity contribution in [2.45, 2.75) is 51.6 Å². The zero-order valence-corrected chi connectivity index (χ0v) is 20.4. The molecular weight excluding hydrogens is 442 g/mol. The molecule has 4 N–H and O–H groups in total. The molecule has 184 valence electrons. The van der Waals surface area contributed by atoms with Crippen molar-refractivity contribution in [1.82, 2.24) is 14.7 Å². The van der Waals surface area contributed by atoms with Gasteiger partial charge in [0.2, 0.25) is 0 Å². The van der Waals surface area contributed by atoms with E-state index >= 15 is 0 Å². The number of carbonyl (C=O) groups is 1. The number of likely N-dealkylation sites (tertiary alicyclic amines) is 2. The largest absolute Gasteiger partial charge is 0.492 e. The summed E-state index contributed by atoms with van der Waals surface area (Å²) in [6, 6.07) is 6.56. The Morgan fingerprint density at radius 3 is 2.48 bits per heavy atom. The van der Waals surface area contributed by atoms with Crippen molar-refractivity contribution in [2.75, 3.05) is 45.9 Å². The maximum absolute atomic E-state index is 12.3. The molecule has 0 amide bonds. The second kappa shape index (κ2) is 10.9. The van der Waals surface area contributed by atoms with Crippen LogP contribution in [0, 0.1) is 10.8 Å². The van der Waals surface area contributed by atoms with E-state index in [0.717, 1.165) is 51.3 Å². The maximum Gasteiger partial charge on any atom is 0.313 e. The number of piperidine rings is 2. The number of nitrogens with two attached hydrogens (primary N) is 1. The lowest BCUT2D eigenvalue weighted by atomic mass is 9.78. The Labute approximate surface area is 203 Å². The summed E-state index contributed by atoms with van der Waals surface area (Å²) in [6.07, 6.45) is 4.45. The molecule has 0 aromatic heterocycles. The lowest BCUT2D eigenvalue weighted by Crippen LogP contribution is -2.52. The third-order valence-corrected chi connectivity index (χ3v) is 7.78. The van der Waals surface area contributed by atoms with Crippen molar-refractivity contribution in [3.63, 3.8) is 0 Å². The van der Waals surface area contributed by atoms with E-state index in [0.29, 0.717) is 31.2 Å². The number of rotatable bonds is 6. The van der Waals surface area contributed by atoms with Gasteiger partial charge in [-0.15, -0.1) is 12.4 Å². The lowest BCUT2D eigenvalue weighted by Gasteiger charge is -2.44. The number of hydrogen-bond donors (Lipinski definition) is 3. The number of guanidine groups is 1. The average molecular weight is 480 g/mol. The second-order valence-corrected chi connectivity index (χ2v) is 9.56. The van der Waals surface area contributed by atoms with Gasteiger partial charge in [-0.1, -0.05) is 13.0 Å². The number of fused-ring (bicyclic) bond motifs is 1. The van der Waals surface area contributed by atoms with Crippen LogP contribution in [0.25, 0.3) is 0 Å². The molecule has 0 aliphatic carbocycles. The van der Waals surface area contributed by atoms with E-state index in [1.807, 2.05) is 17.0 Å². The number of hydrogen-bond acceptors (Lipinski definition) is 5. The summed E-state index contributed by atoms with van der Waals surface area (Å²) in [7, 11) is 0. The Morgan fingerprint density at radius 2 is 1.88 bits per heavy atom. The minimum absolute atomic E-state index is 0. The summed E-state index contributed by atoms with van der Waals surface area (Å²) < 4.78 is 6.07. The van der Waals surface area contributed by atoms with Crippen molar-refractivity contribution in [3.05, 3.63) is 29.3 Å². The van der Waals surface area contributed by atoms with Crippen LogP contribution in [0.2, 0.25) is 0 Å². The first-order chi connectivity index (χ1) is 15.4. The SMILES string of the molecule is CCN1CCC(N2CCC(COc3ccc4c(c3)CN(C(=N)N)CC4)(C(=O)O)CC2)CC1.Cl. The molecule has 0 bridgehead atoms. The van der Waals surface area contributed by atoms with Gasteiger partial charge in [-0.25, -0.2) is 0 Å². The Kier molecular flexibility index (Phi) is 8.48. The van der Waals surface area contributed by atoms with Gasteiger partial charge in [-0.3, -0.25) is 10.2 Å². The number of nitrogens with zero attached hydrogens (tertiary/aromatic N) is 3. The second-order valence-electron chi connectivity index (χ2n) is 9.56. The van der Waals surface area contributed by atoms with Crippen LogP contribution >= 0.6 is 12.4 Å². The molecule has 0 atom stereocenters. The Balaban J connectivity index is 0.00000306. The van der Waals surface area contributed by atoms with Crippen molar-refractivity contribution in [3.8, 4) is 5.75 Å². The van der Waals surface area contributed by atoms with Gasteiger partial charge in [0.15, 0.2) is 5.96 Å². The molecule has 1 aromatic carbocycles. The molecule has 9 heteroatoms. The summed E-state index contributed by atoms with van der Waals surface area (Å²) in [5, 5.41) is 17.8. The number of ether oxygens (including phenoxy) is 1. The van der Waals surface area contributed by atoms with Crippen LogP contribution in [-0.4, -0.2) is 83.7 Å². The van der Waals surface area contributed by atoms with Gasteiger partial charge in [0.1, 0.15) is 17.8 Å². The first-order valence-corrected chi connectivity index (χ1v) is 11.9. The molecule has 2 fully saturated rings. The minimum Gasteiger partial charge on any atom is -0.492 e. The average Bonchev–Trinajstić information content (AvgIpc) is 2.82. The van der Waals surface area contributed by atoms with Gasteiger partial charge in [0.05, 0.1) is 0 Å². The van der Waals surface area contributed by atoms with Crippen LogP contribution in [0.4, 0.5) is 0 Å². The molecule has 3 aliphatic rings. The lowest BCUT2D eigenvalue weighted by molar-refractivity contribution is -0.155. The number of aliphatic carboxylic acids is 1. The van der Waals surface area contributed by atoms with E-state index < -0.39 is 11.4 Å². The number of benzene rings is 1. The highest BCUT2D eigenvalue weighted by atomic mass is 35.5. The van der Waals surface area contributed by atoms with Gasteiger partial charge in [-0.05, 0) is 88.1 Å². The molecule has 0 spiro atoms. The highest BCUT2D eigenvalue weighted by Crippen LogP contribution is 2.35. The van der Waals surface area contributed by atoms with E-state index in [2.05, 4.69) is 22.8 Å². The number of carboxylic acid groups (broad SMARTS) is 1. The fourth-order valence-electron chi connectivity index (χ4n) is 5.39. The van der Waals surface area contributed by atoms with Crippen LogP contribution in [0.3, 0.4) is 0 Å². The Bertz CT molecular complexity index is 835. The Hall–Kier alpha value is -2.03. The monoisotopic (exact) mass is 479 g/mol. The van der Waals surface area contributed by atoms with Crippen LogP contribution in [-0.2, 0) is 17.8 Å². The number of carboxylic acids is 1. The quantitative estimate of drug-likeness (QED) is 0.425. The molecule has 3 aliphatic heterocycles. The summed E-state index contributed by atoms with van der Waals surface area (Å²) in [6.45, 7) is 8.80. The van der Waals surface area contributed by atoms with E-state index in [1.54, 1.807) is 0 Å². The molecule has 2 saturated heterocycles. The molecule has 33 heavy (non-hydrogen) atoms. The predicted molar refractivity (Wildman–Crippen MR) is 131 cm³/mol. The highest BCUT2D eigenvalue weighted by molar-refractivity contribution is 5.85. The minimum atomic E-state index is -0.831. The molecular formula is C24H38ClN5O3. The summed E-state index contributed by atoms with van der Waals surface area (Å²) in [4.78, 5) is 19.1. The van der Waals surface area contributed by atoms with Gasteiger partial charge in [0.25, 0.3) is 0 Å².